The summed E-state index contributed by atoms with van der Waals surface area (Å²) in [5.41, 5.74) is 2.33. The maximum atomic E-state index is 12.6. The number of ether oxygens (including phenoxy) is 2. The minimum atomic E-state index is -4.79. The van der Waals surface area contributed by atoms with E-state index in [4.69, 9.17) is 4.74 Å². The van der Waals surface area contributed by atoms with Gasteiger partial charge in [0.25, 0.3) is 0 Å². The second-order valence-electron chi connectivity index (χ2n) is 8.06. The smallest absolute Gasteiger partial charge is 0.437 e. The molecule has 0 saturated carbocycles. The topological polar surface area (TPSA) is 77.4 Å². The number of amides is 2. The second-order valence-corrected chi connectivity index (χ2v) is 8.06. The van der Waals surface area contributed by atoms with Crippen molar-refractivity contribution in [1.82, 2.24) is 9.78 Å². The normalized spacial score (nSPS) is 11.3. The van der Waals surface area contributed by atoms with Crippen molar-refractivity contribution in [2.45, 2.75) is 26.1 Å². The highest BCUT2D eigenvalue weighted by Gasteiger charge is 2.31. The molecule has 0 saturated heterocycles. The SMILES string of the molecule is CC(C)c1cc(Oc2ccccc2NC(=O)Nc2ccc(OC(F)(F)F)cc2)n(-c2ccccc2)n1. The van der Waals surface area contributed by atoms with Crippen LogP contribution in [0.4, 0.5) is 29.3 Å². The molecule has 4 rings (SSSR count). The molecule has 0 unspecified atom stereocenters. The molecule has 186 valence electrons. The number of anilines is 2. The number of aromatic nitrogens is 2. The predicted octanol–water partition coefficient (Wildman–Crippen LogP) is 7.33. The van der Waals surface area contributed by atoms with Gasteiger partial charge in [0, 0.05) is 11.8 Å². The molecule has 36 heavy (non-hydrogen) atoms. The number of nitrogens with zero attached hydrogens (tertiary/aromatic N) is 2. The van der Waals surface area contributed by atoms with E-state index in [1.54, 1.807) is 28.9 Å². The Balaban J connectivity index is 1.50. The molecule has 1 aromatic heterocycles. The Morgan fingerprint density at radius 3 is 2.25 bits per heavy atom. The van der Waals surface area contributed by atoms with Gasteiger partial charge in [0.15, 0.2) is 5.75 Å². The Kier molecular flexibility index (Phi) is 7.14. The van der Waals surface area contributed by atoms with Gasteiger partial charge in [-0.15, -0.1) is 13.2 Å². The monoisotopic (exact) mass is 496 g/mol. The van der Waals surface area contributed by atoms with Crippen LogP contribution in [-0.2, 0) is 0 Å². The van der Waals surface area contributed by atoms with E-state index < -0.39 is 12.4 Å². The summed E-state index contributed by atoms with van der Waals surface area (Å²) in [5.74, 6) is 0.640. The van der Waals surface area contributed by atoms with Gasteiger partial charge >= 0.3 is 12.4 Å². The molecule has 0 radical (unpaired) electrons. The molecule has 4 aromatic rings. The van der Waals surface area contributed by atoms with Crippen LogP contribution in [0.2, 0.25) is 0 Å². The molecule has 0 spiro atoms. The van der Waals surface area contributed by atoms with E-state index in [0.717, 1.165) is 23.5 Å². The number of hydrogen-bond acceptors (Lipinski definition) is 4. The molecule has 7 nitrogen and oxygen atoms in total. The van der Waals surface area contributed by atoms with Gasteiger partial charge < -0.3 is 20.1 Å². The van der Waals surface area contributed by atoms with Gasteiger partial charge in [-0.2, -0.15) is 5.10 Å². The molecule has 0 aliphatic rings. The summed E-state index contributed by atoms with van der Waals surface area (Å²) in [6.07, 6.45) is -4.79. The molecule has 0 atom stereocenters. The highest BCUT2D eigenvalue weighted by molar-refractivity contribution is 6.00. The van der Waals surface area contributed by atoms with Gasteiger partial charge in [0.05, 0.1) is 17.1 Å². The Bertz CT molecular complexity index is 1320. The number of benzene rings is 3. The van der Waals surface area contributed by atoms with Gasteiger partial charge in [-0.25, -0.2) is 9.48 Å². The number of alkyl halides is 3. The van der Waals surface area contributed by atoms with Crippen LogP contribution in [0.25, 0.3) is 5.69 Å². The van der Waals surface area contributed by atoms with Crippen molar-refractivity contribution in [3.8, 4) is 23.1 Å². The van der Waals surface area contributed by atoms with Crippen molar-refractivity contribution in [3.63, 3.8) is 0 Å². The van der Waals surface area contributed by atoms with Gasteiger partial charge in [0.1, 0.15) is 5.75 Å². The Morgan fingerprint density at radius 1 is 0.917 bits per heavy atom. The Labute approximate surface area is 205 Å². The molecular formula is C26H23F3N4O3. The zero-order valence-corrected chi connectivity index (χ0v) is 19.4. The summed E-state index contributed by atoms with van der Waals surface area (Å²) in [5, 5.41) is 9.94. The fraction of sp³-hybridized carbons (Fsp3) is 0.154. The number of halogens is 3. The van der Waals surface area contributed by atoms with E-state index in [1.807, 2.05) is 50.2 Å². The minimum absolute atomic E-state index is 0.171. The maximum Gasteiger partial charge on any atom is 0.573 e. The fourth-order valence-corrected chi connectivity index (χ4v) is 3.29. The average Bonchev–Trinajstić information content (AvgIpc) is 3.25. The highest BCUT2D eigenvalue weighted by Crippen LogP contribution is 2.33. The molecular weight excluding hydrogens is 473 g/mol. The van der Waals surface area contributed by atoms with Gasteiger partial charge in [-0.3, -0.25) is 0 Å². The van der Waals surface area contributed by atoms with Gasteiger partial charge in [-0.05, 0) is 54.4 Å². The van der Waals surface area contributed by atoms with E-state index in [9.17, 15) is 18.0 Å². The molecule has 1 heterocycles. The number of rotatable bonds is 7. The van der Waals surface area contributed by atoms with Gasteiger partial charge in [0.2, 0.25) is 5.88 Å². The molecule has 10 heteroatoms. The quantitative estimate of drug-likeness (QED) is 0.281. The average molecular weight is 496 g/mol. The van der Waals surface area contributed by atoms with Crippen LogP contribution in [-0.4, -0.2) is 22.2 Å². The van der Waals surface area contributed by atoms with Crippen LogP contribution in [0.5, 0.6) is 17.4 Å². The summed E-state index contributed by atoms with van der Waals surface area (Å²) in [6, 6.07) is 22.5. The standard InChI is InChI=1S/C26H23F3N4O3/c1-17(2)22-16-24(33(32-22)19-8-4-3-5-9-19)35-23-11-7-6-10-21(23)31-25(34)30-18-12-14-20(15-13-18)36-26(27,28)29/h3-17H,1-2H3,(H2,30,31,34). The van der Waals surface area contributed by atoms with Crippen molar-refractivity contribution < 1.29 is 27.4 Å². The van der Waals surface area contributed by atoms with Crippen LogP contribution in [0.15, 0.2) is 84.9 Å². The molecule has 2 amide bonds. The number of urea groups is 1. The first-order valence-electron chi connectivity index (χ1n) is 11.0. The summed E-state index contributed by atoms with van der Waals surface area (Å²) in [7, 11) is 0. The van der Waals surface area contributed by atoms with Crippen LogP contribution >= 0.6 is 0 Å². The van der Waals surface area contributed by atoms with Crippen molar-refractivity contribution in [2.75, 3.05) is 10.6 Å². The fourth-order valence-electron chi connectivity index (χ4n) is 3.29. The second kappa shape index (κ2) is 10.4. The van der Waals surface area contributed by atoms with E-state index in [0.29, 0.717) is 17.3 Å². The first kappa shape index (κ1) is 24.6. The van der Waals surface area contributed by atoms with Crippen molar-refractivity contribution in [1.29, 1.82) is 0 Å². The number of carbonyl (C=O) groups is 1. The van der Waals surface area contributed by atoms with Crippen molar-refractivity contribution >= 4 is 17.4 Å². The van der Waals surface area contributed by atoms with E-state index >= 15 is 0 Å². The number of nitrogens with one attached hydrogen (secondary N) is 2. The van der Waals surface area contributed by atoms with Crippen molar-refractivity contribution in [2.24, 2.45) is 0 Å². The van der Waals surface area contributed by atoms with E-state index in [2.05, 4.69) is 20.5 Å². The lowest BCUT2D eigenvalue weighted by Gasteiger charge is -2.14. The number of hydrogen-bond donors (Lipinski definition) is 2. The van der Waals surface area contributed by atoms with Gasteiger partial charge in [-0.1, -0.05) is 44.2 Å². The first-order valence-corrected chi connectivity index (χ1v) is 11.0. The van der Waals surface area contributed by atoms with Crippen LogP contribution < -0.4 is 20.1 Å². The van der Waals surface area contributed by atoms with Crippen LogP contribution in [0.3, 0.4) is 0 Å². The zero-order valence-electron chi connectivity index (χ0n) is 19.4. The predicted molar refractivity (Wildman–Crippen MR) is 130 cm³/mol. The lowest BCUT2D eigenvalue weighted by atomic mass is 10.1. The molecule has 0 aliphatic heterocycles. The minimum Gasteiger partial charge on any atom is -0.437 e. The van der Waals surface area contributed by atoms with E-state index in [-0.39, 0.29) is 17.4 Å². The molecule has 0 aliphatic carbocycles. The summed E-state index contributed by atoms with van der Waals surface area (Å²) < 4.78 is 48.7. The molecule has 3 aromatic carbocycles. The molecule has 2 N–H and O–H groups in total. The van der Waals surface area contributed by atoms with E-state index in [1.165, 1.54) is 12.1 Å². The highest BCUT2D eigenvalue weighted by atomic mass is 19.4. The summed E-state index contributed by atoms with van der Waals surface area (Å²) >= 11 is 0. The summed E-state index contributed by atoms with van der Waals surface area (Å²) in [6.45, 7) is 4.06. The first-order chi connectivity index (χ1) is 17.2. The third kappa shape index (κ3) is 6.35. The number of para-hydroxylation sites is 3. The van der Waals surface area contributed by atoms with Crippen LogP contribution in [0, 0.1) is 0 Å². The van der Waals surface area contributed by atoms with Crippen LogP contribution in [0.1, 0.15) is 25.5 Å². The number of carbonyl (C=O) groups excluding carboxylic acids is 1. The zero-order chi connectivity index (χ0) is 25.7. The Hall–Kier alpha value is -4.47. The Morgan fingerprint density at radius 2 is 1.58 bits per heavy atom. The third-order valence-corrected chi connectivity index (χ3v) is 4.98. The molecule has 0 bridgehead atoms. The van der Waals surface area contributed by atoms with Crippen molar-refractivity contribution in [3.05, 3.63) is 90.6 Å². The maximum absolute atomic E-state index is 12.6. The molecule has 0 fully saturated rings. The lowest BCUT2D eigenvalue weighted by molar-refractivity contribution is -0.274. The third-order valence-electron chi connectivity index (χ3n) is 4.98. The largest absolute Gasteiger partial charge is 0.573 e. The summed E-state index contributed by atoms with van der Waals surface area (Å²) in [4.78, 5) is 12.6. The lowest BCUT2D eigenvalue weighted by Crippen LogP contribution is -2.20.